The van der Waals surface area contributed by atoms with Gasteiger partial charge in [0.1, 0.15) is 6.04 Å². The first kappa shape index (κ1) is 18.9. The maximum absolute atomic E-state index is 12.6. The Balaban J connectivity index is 1.92. The van der Waals surface area contributed by atoms with Gasteiger partial charge in [0.2, 0.25) is 17.7 Å². The highest BCUT2D eigenvalue weighted by molar-refractivity contribution is 6.01. The van der Waals surface area contributed by atoms with E-state index in [0.29, 0.717) is 13.0 Å². The summed E-state index contributed by atoms with van der Waals surface area (Å²) in [6.45, 7) is 4.09. The van der Waals surface area contributed by atoms with E-state index < -0.39 is 12.1 Å². The Hall–Kier alpha value is -2.41. The van der Waals surface area contributed by atoms with Gasteiger partial charge in [-0.3, -0.25) is 14.4 Å². The molecule has 1 aliphatic rings. The highest BCUT2D eigenvalue weighted by atomic mass is 16.2. The summed E-state index contributed by atoms with van der Waals surface area (Å²) >= 11 is 0. The number of anilines is 1. The lowest BCUT2D eigenvalue weighted by Crippen LogP contribution is -2.50. The van der Waals surface area contributed by atoms with Crippen LogP contribution in [0.4, 0.5) is 5.69 Å². The molecule has 0 saturated carbocycles. The molecule has 1 aromatic carbocycles. The Morgan fingerprint density at radius 3 is 2.56 bits per heavy atom. The van der Waals surface area contributed by atoms with Crippen LogP contribution < -0.4 is 16.0 Å². The Kier molecular flexibility index (Phi) is 6.14. The number of hydrogen-bond donors (Lipinski definition) is 2. The second kappa shape index (κ2) is 8.11. The highest BCUT2D eigenvalue weighted by Crippen LogP contribution is 2.23. The summed E-state index contributed by atoms with van der Waals surface area (Å²) in [5.74, 6) is -0.783. The summed E-state index contributed by atoms with van der Waals surface area (Å²) in [6, 6.07) is 8.21. The zero-order valence-electron chi connectivity index (χ0n) is 14.9. The van der Waals surface area contributed by atoms with Gasteiger partial charge in [-0.15, -0.1) is 0 Å². The molecule has 3 N–H and O–H groups in total. The van der Waals surface area contributed by atoms with Crippen molar-refractivity contribution in [2.24, 2.45) is 11.7 Å². The van der Waals surface area contributed by atoms with E-state index in [2.05, 4.69) is 5.32 Å². The molecular weight excluding hydrogens is 320 g/mol. The number of amides is 3. The van der Waals surface area contributed by atoms with Crippen molar-refractivity contribution in [3.63, 3.8) is 0 Å². The molecule has 7 nitrogen and oxygen atoms in total. The third-order valence-electron chi connectivity index (χ3n) is 4.54. The molecule has 25 heavy (non-hydrogen) atoms. The number of nitrogens with zero attached hydrogens (tertiary/aromatic N) is 2. The predicted octanol–water partition coefficient (Wildman–Crippen LogP) is 0.350. The van der Waals surface area contributed by atoms with Crippen LogP contribution in [0.25, 0.3) is 0 Å². The molecule has 0 bridgehead atoms. The molecule has 0 aromatic heterocycles. The fraction of sp³-hybridized carbons (Fsp3) is 0.500. The SMILES string of the molecule is CC(C)[C@H](N)C(=O)NCC(=O)N(C)C1CCN(c2ccccc2)C1=O. The van der Waals surface area contributed by atoms with Gasteiger partial charge in [0, 0.05) is 19.3 Å². The molecule has 3 amide bonds. The van der Waals surface area contributed by atoms with E-state index >= 15 is 0 Å². The van der Waals surface area contributed by atoms with Gasteiger partial charge in [-0.2, -0.15) is 0 Å². The molecule has 7 heteroatoms. The molecule has 0 spiro atoms. The maximum atomic E-state index is 12.6. The number of hydrogen-bond acceptors (Lipinski definition) is 4. The van der Waals surface area contributed by atoms with Crippen molar-refractivity contribution in [2.75, 3.05) is 25.0 Å². The van der Waals surface area contributed by atoms with E-state index in [1.165, 1.54) is 4.90 Å². The lowest BCUT2D eigenvalue weighted by molar-refractivity contribution is -0.137. The normalized spacial score (nSPS) is 18.4. The van der Waals surface area contributed by atoms with Gasteiger partial charge in [-0.05, 0) is 24.5 Å². The molecule has 1 unspecified atom stereocenters. The minimum absolute atomic E-state index is 0.0105. The number of likely N-dealkylation sites (N-methyl/N-ethyl adjacent to an activating group) is 1. The van der Waals surface area contributed by atoms with E-state index in [1.807, 2.05) is 44.2 Å². The standard InChI is InChI=1S/C18H26N4O3/c1-12(2)16(19)17(24)20-11-15(23)21(3)14-9-10-22(18(14)25)13-7-5-4-6-8-13/h4-8,12,14,16H,9-11,19H2,1-3H3,(H,20,24)/t14?,16-/m0/s1. The molecular formula is C18H26N4O3. The van der Waals surface area contributed by atoms with Gasteiger partial charge in [0.25, 0.3) is 0 Å². The minimum Gasteiger partial charge on any atom is -0.346 e. The number of nitrogens with two attached hydrogens (primary N) is 1. The highest BCUT2D eigenvalue weighted by Gasteiger charge is 2.37. The summed E-state index contributed by atoms with van der Waals surface area (Å²) in [5.41, 5.74) is 6.58. The van der Waals surface area contributed by atoms with Gasteiger partial charge in [-0.1, -0.05) is 32.0 Å². The van der Waals surface area contributed by atoms with Gasteiger partial charge < -0.3 is 20.9 Å². The van der Waals surface area contributed by atoms with Crippen LogP contribution in [0.15, 0.2) is 30.3 Å². The zero-order chi connectivity index (χ0) is 18.6. The lowest BCUT2D eigenvalue weighted by atomic mass is 10.1. The maximum Gasteiger partial charge on any atom is 0.249 e. The largest absolute Gasteiger partial charge is 0.346 e. The van der Waals surface area contributed by atoms with Gasteiger partial charge in [0.15, 0.2) is 0 Å². The van der Waals surface area contributed by atoms with E-state index in [1.54, 1.807) is 11.9 Å². The second-order valence-corrected chi connectivity index (χ2v) is 6.62. The van der Waals surface area contributed by atoms with E-state index in [9.17, 15) is 14.4 Å². The number of rotatable bonds is 6. The van der Waals surface area contributed by atoms with Crippen LogP contribution in [0, 0.1) is 5.92 Å². The smallest absolute Gasteiger partial charge is 0.249 e. The number of para-hydroxylation sites is 1. The van der Waals surface area contributed by atoms with E-state index in [0.717, 1.165) is 5.69 Å². The Labute approximate surface area is 148 Å². The first-order valence-corrected chi connectivity index (χ1v) is 8.48. The van der Waals surface area contributed by atoms with Crippen LogP contribution in [0.5, 0.6) is 0 Å². The number of nitrogens with one attached hydrogen (secondary N) is 1. The monoisotopic (exact) mass is 346 g/mol. The molecule has 1 aromatic rings. The molecule has 2 atom stereocenters. The van der Waals surface area contributed by atoms with Crippen molar-refractivity contribution in [1.82, 2.24) is 10.2 Å². The van der Waals surface area contributed by atoms with Crippen molar-refractivity contribution < 1.29 is 14.4 Å². The molecule has 136 valence electrons. The molecule has 0 aliphatic carbocycles. The zero-order valence-corrected chi connectivity index (χ0v) is 14.9. The van der Waals surface area contributed by atoms with Crippen LogP contribution in [0.2, 0.25) is 0 Å². The van der Waals surface area contributed by atoms with Crippen LogP contribution in [0.1, 0.15) is 20.3 Å². The molecule has 1 fully saturated rings. The summed E-state index contributed by atoms with van der Waals surface area (Å²) in [4.78, 5) is 39.9. The average Bonchev–Trinajstić information content (AvgIpc) is 3.00. The third kappa shape index (κ3) is 4.36. The summed E-state index contributed by atoms with van der Waals surface area (Å²) in [6.07, 6.45) is 0.565. The fourth-order valence-electron chi connectivity index (χ4n) is 2.77. The number of carbonyl (C=O) groups excluding carboxylic acids is 3. The van der Waals surface area contributed by atoms with Crippen molar-refractivity contribution in [1.29, 1.82) is 0 Å². The molecule has 0 radical (unpaired) electrons. The summed E-state index contributed by atoms with van der Waals surface area (Å²) < 4.78 is 0. The van der Waals surface area contributed by atoms with Gasteiger partial charge in [0.05, 0.1) is 12.6 Å². The Bertz CT molecular complexity index is 632. The van der Waals surface area contributed by atoms with Crippen LogP contribution in [0.3, 0.4) is 0 Å². The Morgan fingerprint density at radius 1 is 1.32 bits per heavy atom. The number of benzene rings is 1. The molecule has 1 heterocycles. The van der Waals surface area contributed by atoms with Gasteiger partial charge >= 0.3 is 0 Å². The molecule has 1 saturated heterocycles. The summed E-state index contributed by atoms with van der Waals surface area (Å²) in [5, 5.41) is 2.55. The van der Waals surface area contributed by atoms with Crippen molar-refractivity contribution in [2.45, 2.75) is 32.4 Å². The first-order chi connectivity index (χ1) is 11.8. The van der Waals surface area contributed by atoms with E-state index in [4.69, 9.17) is 5.73 Å². The molecule has 2 rings (SSSR count). The van der Waals surface area contributed by atoms with Crippen molar-refractivity contribution >= 4 is 23.4 Å². The van der Waals surface area contributed by atoms with Crippen LogP contribution >= 0.6 is 0 Å². The molecule has 1 aliphatic heterocycles. The number of carbonyl (C=O) groups is 3. The predicted molar refractivity (Wildman–Crippen MR) is 95.8 cm³/mol. The third-order valence-corrected chi connectivity index (χ3v) is 4.54. The summed E-state index contributed by atoms with van der Waals surface area (Å²) in [7, 11) is 1.59. The van der Waals surface area contributed by atoms with Gasteiger partial charge in [-0.25, -0.2) is 0 Å². The van der Waals surface area contributed by atoms with Crippen molar-refractivity contribution in [3.8, 4) is 0 Å². The topological polar surface area (TPSA) is 95.7 Å². The first-order valence-electron chi connectivity index (χ1n) is 8.48. The average molecular weight is 346 g/mol. The van der Waals surface area contributed by atoms with Crippen LogP contribution in [-0.4, -0.2) is 54.8 Å². The minimum atomic E-state index is -0.653. The van der Waals surface area contributed by atoms with Crippen molar-refractivity contribution in [3.05, 3.63) is 30.3 Å². The Morgan fingerprint density at radius 2 is 1.96 bits per heavy atom. The quantitative estimate of drug-likeness (QED) is 0.777. The fourth-order valence-corrected chi connectivity index (χ4v) is 2.77. The van der Waals surface area contributed by atoms with Crippen LogP contribution in [-0.2, 0) is 14.4 Å². The second-order valence-electron chi connectivity index (χ2n) is 6.62. The van der Waals surface area contributed by atoms with E-state index in [-0.39, 0.29) is 30.2 Å². The lowest BCUT2D eigenvalue weighted by Gasteiger charge is -2.24.